The fourth-order valence-corrected chi connectivity index (χ4v) is 6.15. The molecular weight excluding hydrogens is 631 g/mol. The molecule has 1 aliphatic rings. The lowest BCUT2D eigenvalue weighted by Crippen LogP contribution is -2.46. The largest absolute Gasteiger partial charge is 0.493 e. The van der Waals surface area contributed by atoms with Crippen molar-refractivity contribution in [3.8, 4) is 17.1 Å². The molecule has 0 unspecified atom stereocenters. The van der Waals surface area contributed by atoms with Gasteiger partial charge in [0.2, 0.25) is 10.0 Å². The summed E-state index contributed by atoms with van der Waals surface area (Å²) in [6, 6.07) is 10.4. The van der Waals surface area contributed by atoms with Crippen LogP contribution in [0.15, 0.2) is 52.3 Å². The fraction of sp³-hybridized carbons (Fsp3) is 0.414. The number of hydrogen-bond acceptors (Lipinski definition) is 9. The van der Waals surface area contributed by atoms with E-state index in [-0.39, 0.29) is 16.2 Å². The normalized spacial score (nSPS) is 14.1. The molecule has 5 rings (SSSR count). The Balaban J connectivity index is 0.000000617. The number of aromatic nitrogens is 5. The van der Waals surface area contributed by atoms with Gasteiger partial charge in [0.25, 0.3) is 5.56 Å². The van der Waals surface area contributed by atoms with Crippen molar-refractivity contribution in [3.05, 3.63) is 64.3 Å². The average molecular weight is 666 g/mol. The zero-order valence-corrected chi connectivity index (χ0v) is 26.0. The van der Waals surface area contributed by atoms with Crippen LogP contribution in [0.2, 0.25) is 0 Å². The van der Waals surface area contributed by atoms with E-state index in [4.69, 9.17) is 19.6 Å². The lowest BCUT2D eigenvalue weighted by molar-refractivity contribution is -0.192. The van der Waals surface area contributed by atoms with Crippen LogP contribution in [0.3, 0.4) is 0 Å². The van der Waals surface area contributed by atoms with Gasteiger partial charge in [0.1, 0.15) is 17.1 Å². The highest BCUT2D eigenvalue weighted by Gasteiger charge is 2.38. The third-order valence-corrected chi connectivity index (χ3v) is 8.74. The monoisotopic (exact) mass is 665 g/mol. The fourth-order valence-electron chi connectivity index (χ4n) is 4.68. The first-order valence-corrected chi connectivity index (χ1v) is 16.0. The number of halogens is 3. The van der Waals surface area contributed by atoms with Crippen LogP contribution < -0.4 is 15.6 Å². The molecular formula is C29H34F3N7O6S. The SMILES string of the molecule is CCCOc1ccc(S(=O)(=O)N2CCNCC2)cc1-c1nc2c(CCC)n(Cc3ccccn3)nc2c(=O)[nH]1.O=C(O)C(F)(F)F. The van der Waals surface area contributed by atoms with Crippen LogP contribution >= 0.6 is 0 Å². The summed E-state index contributed by atoms with van der Waals surface area (Å²) in [7, 11) is -3.74. The average Bonchev–Trinajstić information content (AvgIpc) is 3.38. The van der Waals surface area contributed by atoms with Crippen molar-refractivity contribution in [1.82, 2.24) is 34.4 Å². The Kier molecular flexibility index (Phi) is 11.1. The molecule has 1 aromatic carbocycles. The Labute approximate surface area is 262 Å². The van der Waals surface area contributed by atoms with Gasteiger partial charge in [-0.05, 0) is 43.2 Å². The second-order valence-electron chi connectivity index (χ2n) is 10.3. The van der Waals surface area contributed by atoms with Gasteiger partial charge in [-0.2, -0.15) is 22.6 Å². The van der Waals surface area contributed by atoms with Gasteiger partial charge in [0.05, 0.1) is 35.0 Å². The van der Waals surface area contributed by atoms with E-state index in [0.717, 1.165) is 24.2 Å². The summed E-state index contributed by atoms with van der Waals surface area (Å²) in [5, 5.41) is 14.9. The number of sulfonamides is 1. The number of carboxylic acid groups (broad SMARTS) is 1. The lowest BCUT2D eigenvalue weighted by atomic mass is 10.1. The maximum absolute atomic E-state index is 13.4. The van der Waals surface area contributed by atoms with E-state index in [0.29, 0.717) is 62.6 Å². The van der Waals surface area contributed by atoms with Crippen LogP contribution in [0.25, 0.3) is 22.4 Å². The van der Waals surface area contributed by atoms with Gasteiger partial charge in [-0.15, -0.1) is 0 Å². The minimum Gasteiger partial charge on any atom is -0.493 e. The number of benzene rings is 1. The van der Waals surface area contributed by atoms with Crippen LogP contribution in [0.1, 0.15) is 38.1 Å². The number of piperazine rings is 1. The first-order valence-electron chi connectivity index (χ1n) is 14.5. The predicted molar refractivity (Wildman–Crippen MR) is 162 cm³/mol. The summed E-state index contributed by atoms with van der Waals surface area (Å²) in [5.74, 6) is -2.06. The number of aliphatic carboxylic acids is 1. The second-order valence-corrected chi connectivity index (χ2v) is 12.2. The maximum atomic E-state index is 13.4. The van der Waals surface area contributed by atoms with Crippen LogP contribution in [0, 0.1) is 0 Å². The van der Waals surface area contributed by atoms with E-state index >= 15 is 0 Å². The third-order valence-electron chi connectivity index (χ3n) is 6.85. The van der Waals surface area contributed by atoms with Crippen molar-refractivity contribution in [3.63, 3.8) is 0 Å². The van der Waals surface area contributed by atoms with Crippen molar-refractivity contribution in [2.75, 3.05) is 32.8 Å². The smallest absolute Gasteiger partial charge is 0.490 e. The van der Waals surface area contributed by atoms with Crippen molar-refractivity contribution < 1.29 is 36.2 Å². The third kappa shape index (κ3) is 8.07. The standard InChI is InChI=1S/C27H33N7O4S.C2HF3O2/c1-3-7-22-24-25(32-34(22)18-19-8-5-6-11-29-19)27(35)31-26(30-24)21-17-20(9-10-23(21)38-16-4-2)39(36,37)33-14-12-28-13-15-33;3-2(4,5)1(6)7/h5-6,8-11,17,28H,3-4,7,12-16,18H2,1-2H3,(H,30,31,35);(H,6,7). The molecule has 13 nitrogen and oxygen atoms in total. The number of carbonyl (C=O) groups is 1. The number of H-pyrrole nitrogens is 1. The molecule has 3 aromatic heterocycles. The van der Waals surface area contributed by atoms with Crippen LogP contribution in [-0.4, -0.2) is 87.5 Å². The summed E-state index contributed by atoms with van der Waals surface area (Å²) in [5.41, 5.74) is 2.39. The highest BCUT2D eigenvalue weighted by molar-refractivity contribution is 7.89. The molecule has 0 aliphatic carbocycles. The molecule has 0 spiro atoms. The van der Waals surface area contributed by atoms with Gasteiger partial charge < -0.3 is 20.1 Å². The zero-order chi connectivity index (χ0) is 33.5. The first-order chi connectivity index (χ1) is 21.9. The molecule has 0 radical (unpaired) electrons. The number of rotatable bonds is 10. The first kappa shape index (κ1) is 34.5. The minimum absolute atomic E-state index is 0.130. The number of nitrogens with one attached hydrogen (secondary N) is 2. The molecule has 0 bridgehead atoms. The number of carboxylic acids is 1. The molecule has 1 fully saturated rings. The van der Waals surface area contributed by atoms with E-state index in [1.165, 1.54) is 4.31 Å². The van der Waals surface area contributed by atoms with E-state index in [1.54, 1.807) is 29.1 Å². The summed E-state index contributed by atoms with van der Waals surface area (Å²) in [6.45, 7) is 6.86. The quantitative estimate of drug-likeness (QED) is 0.228. The van der Waals surface area contributed by atoms with Gasteiger partial charge in [-0.3, -0.25) is 14.5 Å². The maximum Gasteiger partial charge on any atom is 0.490 e. The Hall–Kier alpha value is -4.35. The highest BCUT2D eigenvalue weighted by atomic mass is 32.2. The van der Waals surface area contributed by atoms with Crippen molar-refractivity contribution >= 4 is 27.0 Å². The van der Waals surface area contributed by atoms with E-state index in [9.17, 15) is 26.4 Å². The molecule has 46 heavy (non-hydrogen) atoms. The number of pyridine rings is 1. The molecule has 0 atom stereocenters. The number of hydrogen-bond donors (Lipinski definition) is 3. The number of aromatic amines is 1. The molecule has 4 heterocycles. The highest BCUT2D eigenvalue weighted by Crippen LogP contribution is 2.32. The second kappa shape index (κ2) is 14.8. The minimum atomic E-state index is -5.08. The van der Waals surface area contributed by atoms with Gasteiger partial charge in [-0.25, -0.2) is 18.2 Å². The number of aryl methyl sites for hydroxylation is 1. The Morgan fingerprint density at radius 2 is 1.80 bits per heavy atom. The van der Waals surface area contributed by atoms with Crippen LogP contribution in [0.4, 0.5) is 13.2 Å². The van der Waals surface area contributed by atoms with Crippen molar-refractivity contribution in [1.29, 1.82) is 0 Å². The summed E-state index contributed by atoms with van der Waals surface area (Å²) in [6.07, 6.45) is -1.10. The molecule has 1 aliphatic heterocycles. The van der Waals surface area contributed by atoms with Gasteiger partial charge >= 0.3 is 12.1 Å². The number of alkyl halides is 3. The summed E-state index contributed by atoms with van der Waals surface area (Å²) < 4.78 is 67.8. The number of nitrogens with zero attached hydrogens (tertiary/aromatic N) is 5. The molecule has 4 aromatic rings. The van der Waals surface area contributed by atoms with Gasteiger partial charge in [0.15, 0.2) is 5.52 Å². The van der Waals surface area contributed by atoms with Crippen molar-refractivity contribution in [2.45, 2.75) is 50.7 Å². The topological polar surface area (TPSA) is 172 Å². The zero-order valence-electron chi connectivity index (χ0n) is 25.2. The van der Waals surface area contributed by atoms with E-state index < -0.39 is 27.7 Å². The van der Waals surface area contributed by atoms with Crippen molar-refractivity contribution in [2.24, 2.45) is 0 Å². The number of ether oxygens (including phenoxy) is 1. The molecule has 1 saturated heterocycles. The van der Waals surface area contributed by atoms with Crippen LogP contribution in [-0.2, 0) is 27.8 Å². The molecule has 248 valence electrons. The number of fused-ring (bicyclic) bond motifs is 1. The summed E-state index contributed by atoms with van der Waals surface area (Å²) >= 11 is 0. The predicted octanol–water partition coefficient (Wildman–Crippen LogP) is 3.20. The molecule has 0 amide bonds. The van der Waals surface area contributed by atoms with Gasteiger partial charge in [0, 0.05) is 32.4 Å². The Bertz CT molecular complexity index is 1820. The molecule has 3 N–H and O–H groups in total. The molecule has 17 heteroatoms. The van der Waals surface area contributed by atoms with Gasteiger partial charge in [-0.1, -0.05) is 26.3 Å². The van der Waals surface area contributed by atoms with E-state index in [2.05, 4.69) is 27.3 Å². The lowest BCUT2D eigenvalue weighted by Gasteiger charge is -2.27. The molecule has 0 saturated carbocycles. The summed E-state index contributed by atoms with van der Waals surface area (Å²) in [4.78, 5) is 34.4. The Morgan fingerprint density at radius 3 is 2.41 bits per heavy atom. The Morgan fingerprint density at radius 1 is 1.09 bits per heavy atom. The van der Waals surface area contributed by atoms with E-state index in [1.807, 2.05) is 25.1 Å². The van der Waals surface area contributed by atoms with Crippen LogP contribution in [0.5, 0.6) is 5.75 Å².